The number of rotatable bonds is 2. The predicted molar refractivity (Wildman–Crippen MR) is 44.8 cm³/mol. The van der Waals surface area contributed by atoms with Crippen LogP contribution in [0.4, 0.5) is 0 Å². The van der Waals surface area contributed by atoms with Crippen molar-refractivity contribution >= 4 is 0 Å². The van der Waals surface area contributed by atoms with Crippen LogP contribution in [-0.2, 0) is 0 Å². The Kier molecular flexibility index (Phi) is 2.34. The summed E-state index contributed by atoms with van der Waals surface area (Å²) in [6, 6.07) is 0. The van der Waals surface area contributed by atoms with Crippen molar-refractivity contribution in [1.29, 1.82) is 0 Å². The predicted octanol–water partition coefficient (Wildman–Crippen LogP) is 3.01. The third-order valence-electron chi connectivity index (χ3n) is 2.22. The minimum atomic E-state index is 0.844. The topological polar surface area (TPSA) is 0 Å². The van der Waals surface area contributed by atoms with Crippen molar-refractivity contribution in [2.45, 2.75) is 27.2 Å². The Hall–Kier alpha value is -0.480. The lowest BCUT2D eigenvalue weighted by molar-refractivity contribution is 0.542. The van der Waals surface area contributed by atoms with Crippen molar-refractivity contribution in [3.05, 3.63) is 17.9 Å². The molecule has 1 aliphatic rings. The molecule has 0 heteroatoms. The first kappa shape index (κ1) is 7.63. The van der Waals surface area contributed by atoms with Crippen LogP contribution in [0.2, 0.25) is 0 Å². The summed E-state index contributed by atoms with van der Waals surface area (Å²) in [6.07, 6.45) is 5.58. The largest absolute Gasteiger partial charge is 0.130 e. The van der Waals surface area contributed by atoms with Gasteiger partial charge in [-0.3, -0.25) is 0 Å². The average molecular weight is 136 g/mol. The zero-order valence-electron chi connectivity index (χ0n) is 7.09. The molecule has 56 valence electrons. The summed E-state index contributed by atoms with van der Waals surface area (Å²) >= 11 is 0. The molecule has 0 aliphatic heterocycles. The van der Waals surface area contributed by atoms with Gasteiger partial charge in [0.15, 0.2) is 0 Å². The molecule has 2 unspecified atom stereocenters. The van der Waals surface area contributed by atoms with Gasteiger partial charge >= 0.3 is 0 Å². The van der Waals surface area contributed by atoms with Crippen LogP contribution >= 0.6 is 0 Å². The fourth-order valence-corrected chi connectivity index (χ4v) is 1.41. The lowest BCUT2D eigenvalue weighted by Gasteiger charge is -1.97. The minimum absolute atomic E-state index is 0.844. The number of hydrogen-bond donors (Lipinski definition) is 0. The van der Waals surface area contributed by atoms with Crippen molar-refractivity contribution < 1.29 is 0 Å². The van der Waals surface area contributed by atoms with Crippen LogP contribution in [0.25, 0.3) is 0 Å². The highest BCUT2D eigenvalue weighted by Gasteiger charge is 2.36. The van der Waals surface area contributed by atoms with Crippen molar-refractivity contribution in [3.8, 4) is 0 Å². The highest BCUT2D eigenvalue weighted by molar-refractivity contribution is 5.02. The van der Waals surface area contributed by atoms with Gasteiger partial charge in [-0.1, -0.05) is 13.8 Å². The summed E-state index contributed by atoms with van der Waals surface area (Å²) < 4.78 is 0. The van der Waals surface area contributed by atoms with Gasteiger partial charge in [0, 0.05) is 0 Å². The Bertz CT molecular complexity index is 159. The third kappa shape index (κ3) is 1.75. The second-order valence-corrected chi connectivity index (χ2v) is 3.43. The van der Waals surface area contributed by atoms with Crippen LogP contribution in [0.3, 0.4) is 0 Å². The molecule has 0 saturated heterocycles. The van der Waals surface area contributed by atoms with Gasteiger partial charge < -0.3 is 0 Å². The molecular weight excluding hydrogens is 120 g/mol. The third-order valence-corrected chi connectivity index (χ3v) is 2.22. The second-order valence-electron chi connectivity index (χ2n) is 3.43. The Morgan fingerprint density at radius 3 is 2.60 bits per heavy atom. The van der Waals surface area contributed by atoms with Crippen LogP contribution < -0.4 is 0 Å². The van der Waals surface area contributed by atoms with Crippen molar-refractivity contribution in [1.82, 2.24) is 0 Å². The molecule has 0 aromatic heterocycles. The fourth-order valence-electron chi connectivity index (χ4n) is 1.41. The zero-order chi connectivity index (χ0) is 7.56. The lowest BCUT2D eigenvalue weighted by Crippen LogP contribution is -1.89. The summed E-state index contributed by atoms with van der Waals surface area (Å²) in [6.45, 7) is 6.62. The van der Waals surface area contributed by atoms with Crippen LogP contribution in [0.5, 0.6) is 0 Å². The van der Waals surface area contributed by atoms with E-state index in [9.17, 15) is 0 Å². The normalized spacial score (nSPS) is 29.6. The zero-order valence-corrected chi connectivity index (χ0v) is 7.09. The fraction of sp³-hybridized carbons (Fsp3) is 0.700. The van der Waals surface area contributed by atoms with E-state index in [0.29, 0.717) is 0 Å². The first-order chi connectivity index (χ1) is 4.75. The van der Waals surface area contributed by atoms with Crippen LogP contribution in [0.15, 0.2) is 17.9 Å². The summed E-state index contributed by atoms with van der Waals surface area (Å²) in [7, 11) is 0. The monoisotopic (exact) mass is 136 g/mol. The molecule has 1 aliphatic carbocycles. The summed E-state index contributed by atoms with van der Waals surface area (Å²) in [5.41, 5.74) is 3.15. The van der Waals surface area contributed by atoms with E-state index in [0.717, 1.165) is 17.8 Å². The molecule has 0 nitrogen and oxygen atoms in total. The molecule has 0 aromatic carbocycles. The molecule has 0 spiro atoms. The first-order valence-electron chi connectivity index (χ1n) is 4.13. The van der Waals surface area contributed by atoms with E-state index in [1.807, 2.05) is 13.0 Å². The highest BCUT2D eigenvalue weighted by atomic mass is 14.4. The molecule has 0 heterocycles. The maximum absolute atomic E-state index is 3.15. The van der Waals surface area contributed by atoms with Gasteiger partial charge in [0.25, 0.3) is 0 Å². The Morgan fingerprint density at radius 1 is 1.50 bits per heavy atom. The standard InChI is InChI=1S/C10H16/c1-4-5-6-9-7-10(9)8(2)3/h4,6,8-10H,7H2,1-3H3. The van der Waals surface area contributed by atoms with Gasteiger partial charge in [0.1, 0.15) is 0 Å². The van der Waals surface area contributed by atoms with Gasteiger partial charge in [0.2, 0.25) is 0 Å². The molecule has 1 rings (SSSR count). The van der Waals surface area contributed by atoms with E-state index in [4.69, 9.17) is 0 Å². The van der Waals surface area contributed by atoms with Gasteiger partial charge in [0.05, 0.1) is 0 Å². The van der Waals surface area contributed by atoms with Crippen LogP contribution in [0, 0.1) is 17.8 Å². The molecule has 2 atom stereocenters. The Morgan fingerprint density at radius 2 is 2.20 bits per heavy atom. The van der Waals surface area contributed by atoms with Crippen molar-refractivity contribution in [2.24, 2.45) is 17.8 Å². The average Bonchev–Trinajstić information content (AvgIpc) is 2.62. The molecule has 1 saturated carbocycles. The summed E-state index contributed by atoms with van der Waals surface area (Å²) in [5.74, 6) is 2.66. The Labute approximate surface area is 63.6 Å². The molecule has 0 radical (unpaired) electrons. The van der Waals surface area contributed by atoms with Gasteiger partial charge in [-0.05, 0) is 43.3 Å². The summed E-state index contributed by atoms with van der Waals surface area (Å²) in [5, 5.41) is 0. The minimum Gasteiger partial charge on any atom is -0.130 e. The molecule has 0 bridgehead atoms. The van der Waals surface area contributed by atoms with Crippen molar-refractivity contribution in [2.75, 3.05) is 0 Å². The maximum atomic E-state index is 3.15. The SMILES string of the molecule is CC=C=CC1CC1C(C)C. The van der Waals surface area contributed by atoms with E-state index in [1.54, 1.807) is 0 Å². The Balaban J connectivity index is 2.32. The molecule has 0 aromatic rings. The molecule has 1 fully saturated rings. The quantitative estimate of drug-likeness (QED) is 0.512. The molecule has 0 N–H and O–H groups in total. The van der Waals surface area contributed by atoms with E-state index in [1.165, 1.54) is 6.42 Å². The van der Waals surface area contributed by atoms with Gasteiger partial charge in [-0.15, -0.1) is 5.73 Å². The number of allylic oxidation sites excluding steroid dienone is 1. The highest BCUT2D eigenvalue weighted by Crippen LogP contribution is 2.44. The van der Waals surface area contributed by atoms with E-state index in [2.05, 4.69) is 25.7 Å². The van der Waals surface area contributed by atoms with Crippen LogP contribution in [0.1, 0.15) is 27.2 Å². The maximum Gasteiger partial charge on any atom is -0.0124 e. The lowest BCUT2D eigenvalue weighted by atomic mass is 10.1. The molecular formula is C10H16. The van der Waals surface area contributed by atoms with Gasteiger partial charge in [-0.25, -0.2) is 0 Å². The summed E-state index contributed by atoms with van der Waals surface area (Å²) in [4.78, 5) is 0. The van der Waals surface area contributed by atoms with E-state index < -0.39 is 0 Å². The van der Waals surface area contributed by atoms with E-state index >= 15 is 0 Å². The van der Waals surface area contributed by atoms with E-state index in [-0.39, 0.29) is 0 Å². The van der Waals surface area contributed by atoms with Crippen molar-refractivity contribution in [3.63, 3.8) is 0 Å². The number of hydrogen-bond acceptors (Lipinski definition) is 0. The van der Waals surface area contributed by atoms with Crippen LogP contribution in [-0.4, -0.2) is 0 Å². The second kappa shape index (κ2) is 3.07. The first-order valence-corrected chi connectivity index (χ1v) is 4.13. The van der Waals surface area contributed by atoms with Gasteiger partial charge in [-0.2, -0.15) is 0 Å². The molecule has 0 amide bonds. The smallest absolute Gasteiger partial charge is 0.0124 e. The molecule has 10 heavy (non-hydrogen) atoms.